The molecule has 16 heteroatoms. The number of phenolic OH excluding ortho intramolecular Hbond substituents is 2. The van der Waals surface area contributed by atoms with Gasteiger partial charge in [0.15, 0.2) is 0 Å². The van der Waals surface area contributed by atoms with Crippen molar-refractivity contribution in [3.63, 3.8) is 0 Å². The largest absolute Gasteiger partial charge is 0.670 e. The summed E-state index contributed by atoms with van der Waals surface area (Å²) >= 11 is 17.4. The van der Waals surface area contributed by atoms with Gasteiger partial charge in [0.1, 0.15) is 17.1 Å². The number of nitrogens with zero attached hydrogens (tertiary/aromatic N) is 6. The molecule has 3 N–H and O–H groups in total. The summed E-state index contributed by atoms with van der Waals surface area (Å²) in [5.74, 6) is 3.05. The van der Waals surface area contributed by atoms with E-state index in [-0.39, 0.29) is 21.7 Å². The molecule has 129 heavy (non-hydrogen) atoms. The molecule has 0 spiro atoms. The van der Waals surface area contributed by atoms with Gasteiger partial charge in [0.2, 0.25) is 0 Å². The molecule has 3 aliphatic rings. The molecule has 0 aliphatic heterocycles. The molecule has 0 unspecified atom stereocenters. The Hall–Kier alpha value is -7.01. The Morgan fingerprint density at radius 2 is 0.791 bits per heavy atom. The smallest absolute Gasteiger partial charge is 0.141 e. The molecule has 3 aliphatic carbocycles. The molecule has 15 rings (SSSR count). The van der Waals surface area contributed by atoms with Crippen LogP contribution < -0.4 is 15.0 Å². The van der Waals surface area contributed by atoms with Gasteiger partial charge < -0.3 is 30.3 Å². The molecule has 9 nitrogen and oxygen atoms in total. The van der Waals surface area contributed by atoms with Gasteiger partial charge in [-0.25, -0.2) is 0 Å². The van der Waals surface area contributed by atoms with Crippen molar-refractivity contribution in [1.82, 2.24) is 15.0 Å². The number of aromatic nitrogens is 3. The number of para-hydroxylation sites is 1. The van der Waals surface area contributed by atoms with Crippen molar-refractivity contribution in [1.29, 1.82) is 0 Å². The van der Waals surface area contributed by atoms with E-state index in [0.29, 0.717) is 50.6 Å². The minimum atomic E-state index is -1.05. The average Bonchev–Trinajstić information content (AvgIpc) is 1.55. The van der Waals surface area contributed by atoms with Crippen molar-refractivity contribution < 1.29 is 69.1 Å². The van der Waals surface area contributed by atoms with Crippen molar-refractivity contribution in [2.75, 3.05) is 0 Å². The van der Waals surface area contributed by atoms with Gasteiger partial charge in [-0.3, -0.25) is 0 Å². The Labute approximate surface area is 826 Å². The zero-order valence-corrected chi connectivity index (χ0v) is 93.9. The Kier molecular flexibility index (Phi) is 43.0. The minimum absolute atomic E-state index is 0.00859. The van der Waals surface area contributed by atoms with Gasteiger partial charge in [-0.2, -0.15) is 36.2 Å². The number of benzene rings is 9. The van der Waals surface area contributed by atoms with Crippen LogP contribution in [0.25, 0.3) is 22.3 Å². The van der Waals surface area contributed by atoms with Crippen molar-refractivity contribution in [3.05, 3.63) is 333 Å². The topological polar surface area (TPSA) is 140 Å². The molecule has 3 heterocycles. The average molecular weight is 2330 g/mol. The summed E-state index contributed by atoms with van der Waals surface area (Å²) < 4.78 is 23.8. The van der Waals surface area contributed by atoms with Crippen LogP contribution in [0.4, 0.5) is 17.1 Å². The first kappa shape index (κ1) is 109. The van der Waals surface area contributed by atoms with Crippen LogP contribution in [-0.2, 0) is 95.9 Å². The quantitative estimate of drug-likeness (QED) is 0.123. The summed E-state index contributed by atoms with van der Waals surface area (Å²) in [5, 5.41) is 34.0. The summed E-state index contributed by atoms with van der Waals surface area (Å²) in [7, 11) is 0. The molecule has 0 radical (unpaired) electrons. The molecular formula is C113H141Br2Cl2MoN6O3W2-3. The maximum atomic E-state index is 11.5. The zero-order chi connectivity index (χ0) is 95.4. The fourth-order valence-corrected chi connectivity index (χ4v) is 23.4. The standard InChI is InChI=1S/C21H22Br2O.C19H14O.C14H22O.2C12H17N.C6H3Cl2N.C6H8N.3C5H10.2C4H4N.Mo.2W/c1-12-17(22)10-13-6-2-4-8-15(13)19(12)20-16-9-5-3-7-14(16)11-18(23)21(20)24;20-19(14-8-2-1-3-9-14)17-12-6-4-10-15(17)16-11-5-7-13-18(16)19;1-13(2,3)10-8-7-9-11(12(10)15)14(4,5)6;2*1-8(2)10-6-5-7-11(9(3)4)12(10)13;7-4-2-1-3-5(8)6(4)9;1-5-3-4-6(2)7-5;3*1-5(2,3)4;2*1-2-4-5-3-1;;;/h10-11,24H,2-9H2,1H3;1-13,20H;7-9,15H,1-6H3;2*5-9H,1-4H3;1-3H;3-4H,1-2H3;3*1H,2-4H3;2*1-4H;;;/q;;;;;;-1;;;;2*-1;;;. The number of aryl methyl sites for hydroxylation is 4. The van der Waals surface area contributed by atoms with E-state index in [4.69, 9.17) is 30.2 Å². The monoisotopic (exact) mass is 2320 g/mol. The maximum absolute atomic E-state index is 11.5. The molecule has 690 valence electrons. The summed E-state index contributed by atoms with van der Waals surface area (Å²) in [6.07, 6.45) is 16.5. The van der Waals surface area contributed by atoms with Crippen LogP contribution in [0.15, 0.2) is 244 Å². The first-order chi connectivity index (χ1) is 60.7. The van der Waals surface area contributed by atoms with Gasteiger partial charge in [0.25, 0.3) is 0 Å². The van der Waals surface area contributed by atoms with Crippen LogP contribution in [0.1, 0.15) is 298 Å². The molecular weight excluding hydrogens is 2180 g/mol. The summed E-state index contributed by atoms with van der Waals surface area (Å²) in [6.45, 7) is 57.0. The number of aromatic hydroxyl groups is 2. The predicted molar refractivity (Wildman–Crippen MR) is 550 cm³/mol. The second kappa shape index (κ2) is 50.9. The number of fused-ring (bicyclic) bond motifs is 5. The fourth-order valence-electron chi connectivity index (χ4n) is 15.0. The molecule has 0 amide bonds. The van der Waals surface area contributed by atoms with Gasteiger partial charge in [-0.1, -0.05) is 205 Å². The van der Waals surface area contributed by atoms with Gasteiger partial charge >= 0.3 is 362 Å². The van der Waals surface area contributed by atoms with Crippen LogP contribution >= 0.6 is 55.1 Å². The van der Waals surface area contributed by atoms with Crippen molar-refractivity contribution in [3.8, 4) is 33.8 Å². The Bertz CT molecular complexity index is 5380. The van der Waals surface area contributed by atoms with Crippen molar-refractivity contribution in [2.45, 2.75) is 271 Å². The Morgan fingerprint density at radius 1 is 0.419 bits per heavy atom. The van der Waals surface area contributed by atoms with Crippen LogP contribution in [0, 0.1) is 37.0 Å². The maximum Gasteiger partial charge on any atom is 0.141 e. The van der Waals surface area contributed by atoms with E-state index in [9.17, 15) is 15.3 Å². The SMILES string of the molecule is CC(C)(C)[CH]=[W]=[N]c1c(Cl)cccc1Cl.CC(C)(C)c1cccc(C(C)(C)C)c1O.CC(C)c1cccc(C(C)C)c1[N]=[Mo]=[CH]C(C)(C)C.CC(C)c1cccc(C(C)C)c1[N]=[W]=[CH]C(C)(C)C.Cc1c(Br)cc2c(c1-c1c(O)c(Br)cc3c1CCCC3)CCCC2.Cc1ccc(C)[n-]1.OC1(c2ccccc2)c2ccccc2-c2ccccc21.c1cc[n-]c1.c1cc[n-]c1. The van der Waals surface area contributed by atoms with Gasteiger partial charge in [0.05, 0.1) is 4.47 Å². The molecule has 3 aromatic heterocycles. The van der Waals surface area contributed by atoms with E-state index in [1.807, 2.05) is 153 Å². The van der Waals surface area contributed by atoms with E-state index < -0.39 is 59.4 Å². The zero-order valence-electron chi connectivity index (χ0n) is 81.3. The second-order valence-corrected chi connectivity index (χ2v) is 48.3. The van der Waals surface area contributed by atoms with Crippen molar-refractivity contribution >= 4 is 85.3 Å². The van der Waals surface area contributed by atoms with Crippen LogP contribution in [-0.4, -0.2) is 28.5 Å². The first-order valence-corrected chi connectivity index (χ1v) is 55.7. The van der Waals surface area contributed by atoms with E-state index in [0.717, 1.165) is 91.7 Å². The number of phenols is 2. The molecule has 0 saturated heterocycles. The number of hydrogen-bond donors (Lipinski definition) is 3. The van der Waals surface area contributed by atoms with Gasteiger partial charge in [-0.15, -0.1) is 0 Å². The number of aliphatic hydroxyl groups is 1. The summed E-state index contributed by atoms with van der Waals surface area (Å²) in [4.78, 5) is 11.6. The molecule has 0 atom stereocenters. The third-order valence-electron chi connectivity index (χ3n) is 21.5. The fraction of sp³-hybridized carbons (Fsp3) is 0.389. The van der Waals surface area contributed by atoms with E-state index >= 15 is 0 Å². The van der Waals surface area contributed by atoms with E-state index in [1.165, 1.54) is 97.2 Å². The number of halogens is 4. The van der Waals surface area contributed by atoms with E-state index in [2.05, 4.69) is 290 Å². The van der Waals surface area contributed by atoms with Gasteiger partial charge in [-0.05, 0) is 158 Å². The third-order valence-corrected chi connectivity index (χ3v) is 34.2. The van der Waals surface area contributed by atoms with E-state index in [1.54, 1.807) is 24.8 Å². The van der Waals surface area contributed by atoms with Crippen LogP contribution in [0.2, 0.25) is 10.0 Å². The van der Waals surface area contributed by atoms with Crippen LogP contribution in [0.5, 0.6) is 11.5 Å². The Balaban J connectivity index is 0.000000205. The first-order valence-electron chi connectivity index (χ1n) is 45.2. The summed E-state index contributed by atoms with van der Waals surface area (Å²) in [5.41, 5.74) is 27.4. The molecule has 9 aromatic carbocycles. The number of rotatable bonds is 9. The van der Waals surface area contributed by atoms with Crippen LogP contribution in [0.3, 0.4) is 0 Å². The molecule has 12 aromatic rings. The second-order valence-electron chi connectivity index (χ2n) is 39.7. The molecule has 0 saturated carbocycles. The Morgan fingerprint density at radius 3 is 1.17 bits per heavy atom. The summed E-state index contributed by atoms with van der Waals surface area (Å²) in [6, 6.07) is 66.9. The van der Waals surface area contributed by atoms with Gasteiger partial charge in [0, 0.05) is 21.2 Å². The minimum Gasteiger partial charge on any atom is -0.670 e. The number of hydrogen-bond acceptors (Lipinski definition) is 6. The predicted octanol–water partition coefficient (Wildman–Crippen LogP) is 33.2. The third kappa shape index (κ3) is 33.3. The molecule has 0 bridgehead atoms. The normalized spacial score (nSPS) is 12.8. The van der Waals surface area contributed by atoms with Crippen molar-refractivity contribution in [2.24, 2.45) is 26.7 Å². The molecule has 0 fully saturated rings.